The minimum atomic E-state index is -0.174. The summed E-state index contributed by atoms with van der Waals surface area (Å²) in [5.41, 5.74) is 7.52. The molecule has 6 rings (SSSR count). The van der Waals surface area contributed by atoms with Crippen molar-refractivity contribution in [3.63, 3.8) is 0 Å². The van der Waals surface area contributed by atoms with Crippen molar-refractivity contribution in [2.75, 3.05) is 6.61 Å². The van der Waals surface area contributed by atoms with E-state index in [9.17, 15) is 4.79 Å². The number of allylic oxidation sites excluding steroid dienone is 1. The van der Waals surface area contributed by atoms with E-state index >= 15 is 0 Å². The monoisotopic (exact) mass is 433 g/mol. The summed E-state index contributed by atoms with van der Waals surface area (Å²) in [7, 11) is 0. The smallest absolute Gasteiger partial charge is 0.410 e. The molecule has 3 aromatic rings. The maximum Gasteiger partial charge on any atom is 0.410 e. The molecule has 0 N–H and O–H groups in total. The van der Waals surface area contributed by atoms with Gasteiger partial charge in [-0.15, -0.1) is 0 Å². The fourth-order valence-corrected chi connectivity index (χ4v) is 5.71. The first-order chi connectivity index (χ1) is 16.3. The zero-order valence-corrected chi connectivity index (χ0v) is 18.6. The van der Waals surface area contributed by atoms with Gasteiger partial charge in [-0.3, -0.25) is 4.90 Å². The van der Waals surface area contributed by atoms with Crippen LogP contribution in [-0.2, 0) is 4.74 Å². The van der Waals surface area contributed by atoms with Gasteiger partial charge in [0.1, 0.15) is 6.61 Å². The van der Waals surface area contributed by atoms with E-state index in [4.69, 9.17) is 4.74 Å². The van der Waals surface area contributed by atoms with Gasteiger partial charge in [0.15, 0.2) is 0 Å². The number of rotatable bonds is 4. The second kappa shape index (κ2) is 8.40. The zero-order chi connectivity index (χ0) is 22.2. The van der Waals surface area contributed by atoms with Gasteiger partial charge in [0, 0.05) is 12.0 Å². The molecule has 1 saturated heterocycles. The highest BCUT2D eigenvalue weighted by atomic mass is 16.6. The van der Waals surface area contributed by atoms with Crippen molar-refractivity contribution < 1.29 is 9.53 Å². The van der Waals surface area contributed by atoms with Crippen molar-refractivity contribution in [3.8, 4) is 11.1 Å². The first-order valence-electron chi connectivity index (χ1n) is 11.8. The number of amides is 1. The van der Waals surface area contributed by atoms with Crippen molar-refractivity contribution in [1.29, 1.82) is 0 Å². The molecule has 1 fully saturated rings. The molecule has 3 aromatic carbocycles. The summed E-state index contributed by atoms with van der Waals surface area (Å²) in [5, 5.41) is 0. The van der Waals surface area contributed by atoms with Crippen LogP contribution in [0.1, 0.15) is 41.9 Å². The predicted molar refractivity (Wildman–Crippen MR) is 132 cm³/mol. The van der Waals surface area contributed by atoms with E-state index in [-0.39, 0.29) is 24.1 Å². The molecule has 33 heavy (non-hydrogen) atoms. The van der Waals surface area contributed by atoms with Crippen LogP contribution in [0.25, 0.3) is 17.2 Å². The first kappa shape index (κ1) is 20.0. The molecule has 3 heteroatoms. The molecule has 164 valence electrons. The number of nitrogens with zero attached hydrogens (tertiary/aromatic N) is 1. The third kappa shape index (κ3) is 3.68. The molecule has 0 saturated carbocycles. The Morgan fingerprint density at radius 3 is 2.21 bits per heavy atom. The third-order valence-corrected chi connectivity index (χ3v) is 7.26. The summed E-state index contributed by atoms with van der Waals surface area (Å²) in [6, 6.07) is 27.6. The molecule has 2 aliphatic heterocycles. The molecule has 3 nitrogen and oxygen atoms in total. The number of carbonyl (C=O) groups is 1. The van der Waals surface area contributed by atoms with Crippen molar-refractivity contribution in [3.05, 3.63) is 113 Å². The van der Waals surface area contributed by atoms with E-state index in [0.29, 0.717) is 6.61 Å². The molecular formula is C30H27NO2. The second-order valence-electron chi connectivity index (χ2n) is 9.20. The predicted octanol–water partition coefficient (Wildman–Crippen LogP) is 6.81. The van der Waals surface area contributed by atoms with Crippen LogP contribution in [0.15, 0.2) is 96.6 Å². The Labute approximate surface area is 195 Å². The lowest BCUT2D eigenvalue weighted by Crippen LogP contribution is -2.43. The van der Waals surface area contributed by atoms with Gasteiger partial charge in [-0.2, -0.15) is 0 Å². The number of benzene rings is 3. The molecule has 1 amide bonds. The third-order valence-electron chi connectivity index (χ3n) is 7.26. The van der Waals surface area contributed by atoms with Gasteiger partial charge in [0.25, 0.3) is 0 Å². The quantitative estimate of drug-likeness (QED) is 0.452. The lowest BCUT2D eigenvalue weighted by Gasteiger charge is -2.33. The summed E-state index contributed by atoms with van der Waals surface area (Å²) < 4.78 is 5.96. The highest BCUT2D eigenvalue weighted by Gasteiger charge is 2.40. The van der Waals surface area contributed by atoms with Crippen molar-refractivity contribution in [2.45, 2.75) is 37.3 Å². The highest BCUT2D eigenvalue weighted by Crippen LogP contribution is 2.45. The van der Waals surface area contributed by atoms with E-state index in [1.54, 1.807) is 0 Å². The van der Waals surface area contributed by atoms with E-state index < -0.39 is 0 Å². The molecule has 2 unspecified atom stereocenters. The molecule has 2 bridgehead atoms. The zero-order valence-electron chi connectivity index (χ0n) is 18.6. The van der Waals surface area contributed by atoms with Crippen LogP contribution in [0.3, 0.4) is 0 Å². The number of fused-ring (bicyclic) bond motifs is 5. The lowest BCUT2D eigenvalue weighted by atomic mass is 9.98. The van der Waals surface area contributed by atoms with Crippen molar-refractivity contribution >= 4 is 12.2 Å². The fraction of sp³-hybridized carbons (Fsp3) is 0.233. The standard InChI is InChI=1S/C30H27NO2/c32-30(33-20-29-27-12-6-4-10-25(27)26-11-5-7-13-28(26)29)31-23-16-17-24(31)19-22(18-23)15-14-21-8-2-1-3-9-21/h1-15,18,23-24,29H,16-17,19-20H2/b15-14+. The number of carbonyl (C=O) groups excluding carboxylic acids is 1. The number of ether oxygens (including phenoxy) is 1. The minimum absolute atomic E-state index is 0.101. The Morgan fingerprint density at radius 2 is 1.52 bits per heavy atom. The van der Waals surface area contributed by atoms with Crippen molar-refractivity contribution in [1.82, 2.24) is 4.90 Å². The second-order valence-corrected chi connectivity index (χ2v) is 9.20. The molecule has 2 atom stereocenters. The van der Waals surface area contributed by atoms with Gasteiger partial charge in [-0.1, -0.05) is 97.1 Å². The van der Waals surface area contributed by atoms with Crippen LogP contribution in [0.4, 0.5) is 4.79 Å². The summed E-state index contributed by atoms with van der Waals surface area (Å²) in [5.74, 6) is 0.101. The Kier molecular flexibility index (Phi) is 5.10. The molecule has 2 heterocycles. The average Bonchev–Trinajstić information content (AvgIpc) is 3.33. The SMILES string of the molecule is O=C(OCC1c2ccccc2-c2ccccc21)N1C2C=C(/C=C/c3ccccc3)CC1CC2. The summed E-state index contributed by atoms with van der Waals surface area (Å²) in [6.45, 7) is 0.382. The van der Waals surface area contributed by atoms with Crippen LogP contribution in [0, 0.1) is 0 Å². The Hall–Kier alpha value is -3.59. The van der Waals surface area contributed by atoms with Gasteiger partial charge >= 0.3 is 6.09 Å². The van der Waals surface area contributed by atoms with Gasteiger partial charge in [0.2, 0.25) is 0 Å². The van der Waals surface area contributed by atoms with Crippen LogP contribution < -0.4 is 0 Å². The highest BCUT2D eigenvalue weighted by molar-refractivity contribution is 5.79. The molecule has 0 spiro atoms. The largest absolute Gasteiger partial charge is 0.448 e. The Morgan fingerprint density at radius 1 is 0.848 bits per heavy atom. The first-order valence-corrected chi connectivity index (χ1v) is 11.8. The van der Waals surface area contributed by atoms with E-state index in [1.807, 2.05) is 11.0 Å². The average molecular weight is 434 g/mol. The topological polar surface area (TPSA) is 29.5 Å². The number of hydrogen-bond acceptors (Lipinski definition) is 2. The maximum atomic E-state index is 13.2. The molecule has 3 aliphatic rings. The van der Waals surface area contributed by atoms with Gasteiger partial charge in [-0.05, 0) is 52.7 Å². The van der Waals surface area contributed by atoms with E-state index in [2.05, 4.69) is 91.0 Å². The maximum absolute atomic E-state index is 13.2. The van der Waals surface area contributed by atoms with Crippen LogP contribution >= 0.6 is 0 Å². The summed E-state index contributed by atoms with van der Waals surface area (Å²) in [4.78, 5) is 15.2. The van der Waals surface area contributed by atoms with Gasteiger partial charge < -0.3 is 4.74 Å². The van der Waals surface area contributed by atoms with Gasteiger partial charge in [0.05, 0.1) is 6.04 Å². The Balaban J connectivity index is 1.16. The number of hydrogen-bond donors (Lipinski definition) is 0. The molecule has 1 aliphatic carbocycles. The van der Waals surface area contributed by atoms with Crippen LogP contribution in [0.5, 0.6) is 0 Å². The van der Waals surface area contributed by atoms with Crippen LogP contribution in [0.2, 0.25) is 0 Å². The minimum Gasteiger partial charge on any atom is -0.448 e. The molecule has 0 radical (unpaired) electrons. The van der Waals surface area contributed by atoms with Crippen molar-refractivity contribution in [2.24, 2.45) is 0 Å². The normalized spacial score (nSPS) is 21.1. The van der Waals surface area contributed by atoms with Gasteiger partial charge in [-0.25, -0.2) is 4.79 Å². The summed E-state index contributed by atoms with van der Waals surface area (Å²) >= 11 is 0. The summed E-state index contributed by atoms with van der Waals surface area (Å²) in [6.07, 6.45) is 9.39. The lowest BCUT2D eigenvalue weighted by molar-refractivity contribution is 0.0854. The van der Waals surface area contributed by atoms with Crippen LogP contribution in [-0.4, -0.2) is 29.7 Å². The van der Waals surface area contributed by atoms with E-state index in [1.165, 1.54) is 33.4 Å². The van der Waals surface area contributed by atoms with E-state index in [0.717, 1.165) is 19.3 Å². The molecule has 0 aromatic heterocycles. The molecular weight excluding hydrogens is 406 g/mol. The fourth-order valence-electron chi connectivity index (χ4n) is 5.71. The Bertz CT molecular complexity index is 1200.